The molecule has 2 aromatic carbocycles. The molecule has 3 rings (SSSR count). The highest BCUT2D eigenvalue weighted by Gasteiger charge is 2.16. The first-order valence-corrected chi connectivity index (χ1v) is 8.22. The Balaban J connectivity index is 1.70. The molecule has 1 heterocycles. The third kappa shape index (κ3) is 3.91. The van der Waals surface area contributed by atoms with Crippen molar-refractivity contribution in [2.75, 3.05) is 14.2 Å². The van der Waals surface area contributed by atoms with Crippen LogP contribution in [-0.4, -0.2) is 24.0 Å². The van der Waals surface area contributed by atoms with Crippen LogP contribution in [0.15, 0.2) is 53.1 Å². The van der Waals surface area contributed by atoms with Gasteiger partial charge in [-0.3, -0.25) is 4.90 Å². The summed E-state index contributed by atoms with van der Waals surface area (Å²) in [4.78, 5) is 6.26. The van der Waals surface area contributed by atoms with E-state index in [4.69, 9.17) is 9.15 Å². The Hall–Kier alpha value is -2.73. The average Bonchev–Trinajstić information content (AvgIpc) is 3.12. The highest BCUT2D eigenvalue weighted by molar-refractivity contribution is 5.57. The second-order valence-corrected chi connectivity index (χ2v) is 6.11. The molecule has 26 heavy (non-hydrogen) atoms. The molecule has 0 N–H and O–H groups in total. The molecule has 1 unspecified atom stereocenters. The van der Waals surface area contributed by atoms with E-state index in [0.717, 1.165) is 17.4 Å². The molecule has 4 nitrogen and oxygen atoms in total. The molecule has 0 spiro atoms. The van der Waals surface area contributed by atoms with Crippen LogP contribution in [0, 0.1) is 11.6 Å². The predicted molar refractivity (Wildman–Crippen MR) is 94.7 cm³/mol. The molecule has 0 radical (unpaired) electrons. The van der Waals surface area contributed by atoms with E-state index < -0.39 is 11.6 Å². The van der Waals surface area contributed by atoms with Crippen LogP contribution >= 0.6 is 0 Å². The fourth-order valence-electron chi connectivity index (χ4n) is 2.65. The van der Waals surface area contributed by atoms with Crippen LogP contribution < -0.4 is 4.74 Å². The zero-order valence-corrected chi connectivity index (χ0v) is 14.9. The first-order valence-electron chi connectivity index (χ1n) is 8.22. The van der Waals surface area contributed by atoms with Crippen LogP contribution in [0.25, 0.3) is 11.3 Å². The van der Waals surface area contributed by atoms with Crippen LogP contribution in [0.2, 0.25) is 0 Å². The lowest BCUT2D eigenvalue weighted by Gasteiger charge is -2.23. The first kappa shape index (κ1) is 18.1. The van der Waals surface area contributed by atoms with Gasteiger partial charge >= 0.3 is 0 Å². The quantitative estimate of drug-likeness (QED) is 0.633. The number of ether oxygens (including phenoxy) is 1. The second kappa shape index (κ2) is 7.66. The number of aromatic nitrogens is 1. The van der Waals surface area contributed by atoms with Crippen molar-refractivity contribution in [1.82, 2.24) is 9.88 Å². The molecule has 0 aliphatic heterocycles. The van der Waals surface area contributed by atoms with Crippen molar-refractivity contribution in [3.63, 3.8) is 0 Å². The minimum Gasteiger partial charge on any atom is -0.497 e. The maximum absolute atomic E-state index is 13.4. The molecule has 3 aromatic rings. The summed E-state index contributed by atoms with van der Waals surface area (Å²) in [5.41, 5.74) is 1.59. The van der Waals surface area contributed by atoms with Crippen molar-refractivity contribution < 1.29 is 17.9 Å². The van der Waals surface area contributed by atoms with Crippen molar-refractivity contribution in [2.24, 2.45) is 0 Å². The van der Waals surface area contributed by atoms with E-state index >= 15 is 0 Å². The summed E-state index contributed by atoms with van der Waals surface area (Å²) in [6, 6.07) is 11.3. The van der Waals surface area contributed by atoms with Gasteiger partial charge in [0.05, 0.1) is 19.9 Å². The van der Waals surface area contributed by atoms with Crippen molar-refractivity contribution >= 4 is 0 Å². The van der Waals surface area contributed by atoms with Gasteiger partial charge in [-0.1, -0.05) is 6.07 Å². The van der Waals surface area contributed by atoms with Gasteiger partial charge in [0.15, 0.2) is 17.4 Å². The smallest absolute Gasteiger partial charge is 0.209 e. The summed E-state index contributed by atoms with van der Waals surface area (Å²) in [5, 5.41) is 0. The van der Waals surface area contributed by atoms with E-state index in [-0.39, 0.29) is 6.04 Å². The first-order chi connectivity index (χ1) is 12.5. The van der Waals surface area contributed by atoms with Crippen molar-refractivity contribution in [2.45, 2.75) is 19.5 Å². The minimum atomic E-state index is -0.847. The van der Waals surface area contributed by atoms with E-state index in [9.17, 15) is 8.78 Å². The molecule has 1 aromatic heterocycles. The Labute approximate surface area is 151 Å². The highest BCUT2D eigenvalue weighted by atomic mass is 19.2. The maximum Gasteiger partial charge on any atom is 0.209 e. The second-order valence-electron chi connectivity index (χ2n) is 6.11. The van der Waals surface area contributed by atoms with Crippen LogP contribution in [0.3, 0.4) is 0 Å². The molecule has 0 saturated carbocycles. The molecule has 0 aliphatic carbocycles. The normalized spacial score (nSPS) is 12.4. The number of benzene rings is 2. The number of nitrogens with zero attached hydrogens (tertiary/aromatic N) is 2. The molecule has 0 aliphatic rings. The highest BCUT2D eigenvalue weighted by Crippen LogP contribution is 2.26. The average molecular weight is 358 g/mol. The Morgan fingerprint density at radius 1 is 1.12 bits per heavy atom. The molecule has 0 saturated heterocycles. The topological polar surface area (TPSA) is 38.5 Å². The number of hydrogen-bond donors (Lipinski definition) is 0. The van der Waals surface area contributed by atoms with E-state index in [0.29, 0.717) is 23.8 Å². The molecular formula is C20H20F2N2O2. The maximum atomic E-state index is 13.4. The summed E-state index contributed by atoms with van der Waals surface area (Å²) in [5.74, 6) is 0.291. The Bertz CT molecular complexity index is 878. The summed E-state index contributed by atoms with van der Waals surface area (Å²) >= 11 is 0. The van der Waals surface area contributed by atoms with Crippen LogP contribution in [-0.2, 0) is 6.54 Å². The minimum absolute atomic E-state index is 0.124. The molecular weight excluding hydrogens is 338 g/mol. The summed E-state index contributed by atoms with van der Waals surface area (Å²) in [6.07, 6.45) is 1.67. The van der Waals surface area contributed by atoms with E-state index in [2.05, 4.69) is 4.98 Å². The molecule has 0 bridgehead atoms. The molecule has 0 amide bonds. The van der Waals surface area contributed by atoms with Crippen LogP contribution in [0.5, 0.6) is 5.75 Å². The number of methoxy groups -OCH3 is 1. The number of rotatable bonds is 6. The summed E-state index contributed by atoms with van der Waals surface area (Å²) in [6.45, 7) is 2.36. The number of hydrogen-bond acceptors (Lipinski definition) is 4. The SMILES string of the molecule is COc1ccc(-c2cnc(CN(C)C(C)c3ccc(F)c(F)c3)o2)cc1. The lowest BCUT2D eigenvalue weighted by Crippen LogP contribution is -2.22. The Morgan fingerprint density at radius 2 is 1.85 bits per heavy atom. The van der Waals surface area contributed by atoms with Crippen molar-refractivity contribution in [3.8, 4) is 17.1 Å². The number of oxazole rings is 1. The molecule has 0 fully saturated rings. The van der Waals surface area contributed by atoms with Gasteiger partial charge < -0.3 is 9.15 Å². The van der Waals surface area contributed by atoms with Gasteiger partial charge in [0.25, 0.3) is 0 Å². The summed E-state index contributed by atoms with van der Waals surface area (Å²) in [7, 11) is 3.49. The van der Waals surface area contributed by atoms with Gasteiger partial charge in [-0.2, -0.15) is 0 Å². The number of halogens is 2. The third-order valence-corrected chi connectivity index (χ3v) is 4.40. The van der Waals surface area contributed by atoms with Gasteiger partial charge in [0.1, 0.15) is 5.75 Å². The van der Waals surface area contributed by atoms with Gasteiger partial charge in [-0.05, 0) is 55.9 Å². The zero-order valence-electron chi connectivity index (χ0n) is 14.9. The largest absolute Gasteiger partial charge is 0.497 e. The van der Waals surface area contributed by atoms with E-state index in [1.54, 1.807) is 19.4 Å². The lowest BCUT2D eigenvalue weighted by molar-refractivity contribution is 0.228. The summed E-state index contributed by atoms with van der Waals surface area (Å²) < 4.78 is 37.5. The van der Waals surface area contributed by atoms with Gasteiger partial charge in [0.2, 0.25) is 5.89 Å². The van der Waals surface area contributed by atoms with Crippen LogP contribution in [0.4, 0.5) is 8.78 Å². The van der Waals surface area contributed by atoms with Gasteiger partial charge in [0, 0.05) is 11.6 Å². The van der Waals surface area contributed by atoms with Gasteiger partial charge in [-0.25, -0.2) is 13.8 Å². The fourth-order valence-corrected chi connectivity index (χ4v) is 2.65. The molecule has 1 atom stereocenters. The van der Waals surface area contributed by atoms with Gasteiger partial charge in [-0.15, -0.1) is 0 Å². The standard InChI is InChI=1S/C20H20F2N2O2/c1-13(15-6-9-17(21)18(22)10-15)24(2)12-20-23-11-19(26-20)14-4-7-16(25-3)8-5-14/h4-11,13H,12H2,1-3H3. The molecule has 136 valence electrons. The predicted octanol–water partition coefficient (Wildman–Crippen LogP) is 4.82. The van der Waals surface area contributed by atoms with E-state index in [1.807, 2.05) is 43.1 Å². The fraction of sp³-hybridized carbons (Fsp3) is 0.250. The Morgan fingerprint density at radius 3 is 2.50 bits per heavy atom. The van der Waals surface area contributed by atoms with Crippen molar-refractivity contribution in [3.05, 3.63) is 71.8 Å². The van der Waals surface area contributed by atoms with Crippen molar-refractivity contribution in [1.29, 1.82) is 0 Å². The zero-order chi connectivity index (χ0) is 18.7. The monoisotopic (exact) mass is 358 g/mol. The third-order valence-electron chi connectivity index (χ3n) is 4.40. The van der Waals surface area contributed by atoms with Crippen LogP contribution in [0.1, 0.15) is 24.4 Å². The lowest BCUT2D eigenvalue weighted by atomic mass is 10.1. The Kier molecular flexibility index (Phi) is 5.32. The van der Waals surface area contributed by atoms with E-state index in [1.165, 1.54) is 6.07 Å². The molecule has 6 heteroatoms.